The monoisotopic (exact) mass is 490 g/mol. The van der Waals surface area contributed by atoms with Gasteiger partial charge in [-0.2, -0.15) is 0 Å². The number of fused-ring (bicyclic) bond motifs is 2. The van der Waals surface area contributed by atoms with Gasteiger partial charge in [0.05, 0.1) is 23.2 Å². The fourth-order valence-corrected chi connectivity index (χ4v) is 8.41. The number of allylic oxidation sites excluding steroid dienone is 1. The number of aliphatic hydroxyl groups excluding tert-OH is 1. The average molecular weight is 491 g/mol. The number of rotatable bonds is 7. The number of esters is 1. The van der Waals surface area contributed by atoms with Crippen LogP contribution in [0.5, 0.6) is 0 Å². The van der Waals surface area contributed by atoms with Crippen LogP contribution in [0.1, 0.15) is 59.3 Å². The Bertz CT molecular complexity index is 875. The quantitative estimate of drug-likeness (QED) is 0.335. The Hall–Kier alpha value is -1.80. The number of hydrogen-bond acceptors (Lipinski definition) is 6. The number of hydrogen-bond donors (Lipinski definition) is 1. The van der Waals surface area contributed by atoms with Crippen LogP contribution in [0.25, 0.3) is 0 Å². The Balaban J connectivity index is 1.81. The molecule has 1 spiro atoms. The molecule has 7 nitrogen and oxygen atoms in total. The summed E-state index contributed by atoms with van der Waals surface area (Å²) in [7, 11) is 0. The van der Waals surface area contributed by atoms with Crippen molar-refractivity contribution in [2.24, 2.45) is 11.8 Å². The molecule has 0 saturated carbocycles. The second-order valence-corrected chi connectivity index (χ2v) is 12.0. The second-order valence-electron chi connectivity index (χ2n) is 10.2. The van der Waals surface area contributed by atoms with Gasteiger partial charge in [0.1, 0.15) is 6.04 Å². The van der Waals surface area contributed by atoms with E-state index >= 15 is 0 Å². The maximum Gasteiger partial charge on any atom is 0.311 e. The van der Waals surface area contributed by atoms with Gasteiger partial charge in [-0.15, -0.1) is 11.8 Å². The summed E-state index contributed by atoms with van der Waals surface area (Å²) in [5.74, 6) is -1.82. The van der Waals surface area contributed by atoms with Crippen LogP contribution in [0.15, 0.2) is 24.3 Å². The minimum atomic E-state index is -0.823. The van der Waals surface area contributed by atoms with Crippen LogP contribution in [-0.4, -0.2) is 80.6 Å². The van der Waals surface area contributed by atoms with E-state index in [1.165, 1.54) is 0 Å². The number of ether oxygens (including phenoxy) is 1. The highest BCUT2D eigenvalue weighted by atomic mass is 32.2. The van der Waals surface area contributed by atoms with E-state index in [1.807, 2.05) is 17.9 Å². The standard InChI is InChI=1S/C26H38N2O5S/c1-4-11-18(2)27-15-10-13-26-19(22(30)28(14-7-8-16-29)21(26)23(27)31)20-24(32)33-17-9-5-6-12-25(20,3)34-26/h6,10,12-13,18-21,29H,4-5,7-9,11,14-17H2,1-3H3/b12-6-/t18?,19-,20-,21?,25+,26-/m0/s1. The van der Waals surface area contributed by atoms with Gasteiger partial charge in [0.2, 0.25) is 11.8 Å². The van der Waals surface area contributed by atoms with Gasteiger partial charge in [0, 0.05) is 30.5 Å². The number of unbranched alkanes of at least 4 members (excludes halogenated alkanes) is 1. The van der Waals surface area contributed by atoms with Gasteiger partial charge in [0.15, 0.2) is 0 Å². The Morgan fingerprint density at radius 1 is 1.18 bits per heavy atom. The van der Waals surface area contributed by atoms with Gasteiger partial charge < -0.3 is 19.6 Å². The Labute approximate surface area is 206 Å². The van der Waals surface area contributed by atoms with Crippen molar-refractivity contribution in [2.45, 2.75) is 80.9 Å². The molecule has 2 unspecified atom stereocenters. The summed E-state index contributed by atoms with van der Waals surface area (Å²) in [5.41, 5.74) is 0. The molecular weight excluding hydrogens is 452 g/mol. The largest absolute Gasteiger partial charge is 0.465 e. The zero-order valence-corrected chi connectivity index (χ0v) is 21.4. The molecule has 0 aromatic carbocycles. The topological polar surface area (TPSA) is 87.2 Å². The zero-order valence-electron chi connectivity index (χ0n) is 20.6. The number of likely N-dealkylation sites (tertiary alicyclic amines) is 1. The van der Waals surface area contributed by atoms with E-state index in [0.717, 1.165) is 25.7 Å². The van der Waals surface area contributed by atoms with E-state index in [0.29, 0.717) is 32.5 Å². The van der Waals surface area contributed by atoms with Crippen molar-refractivity contribution in [2.75, 3.05) is 26.3 Å². The molecule has 4 heterocycles. The number of carbonyl (C=O) groups excluding carboxylic acids is 3. The third kappa shape index (κ3) is 4.11. The summed E-state index contributed by atoms with van der Waals surface area (Å²) in [6.45, 7) is 7.48. The molecule has 0 aromatic rings. The second kappa shape index (κ2) is 10.1. The molecule has 8 heteroatoms. The van der Waals surface area contributed by atoms with Crippen molar-refractivity contribution in [3.05, 3.63) is 24.3 Å². The molecule has 4 rings (SSSR count). The van der Waals surface area contributed by atoms with Crippen LogP contribution in [0.2, 0.25) is 0 Å². The van der Waals surface area contributed by atoms with Crippen molar-refractivity contribution in [3.8, 4) is 0 Å². The van der Waals surface area contributed by atoms with Crippen molar-refractivity contribution in [3.63, 3.8) is 0 Å². The Morgan fingerprint density at radius 3 is 2.71 bits per heavy atom. The van der Waals surface area contributed by atoms with Crippen LogP contribution >= 0.6 is 11.8 Å². The number of carbonyl (C=O) groups is 3. The summed E-state index contributed by atoms with van der Waals surface area (Å²) < 4.78 is 4.19. The molecule has 0 aliphatic carbocycles. The lowest BCUT2D eigenvalue weighted by atomic mass is 9.74. The van der Waals surface area contributed by atoms with Crippen molar-refractivity contribution in [1.82, 2.24) is 9.80 Å². The summed E-state index contributed by atoms with van der Waals surface area (Å²) >= 11 is 1.59. The van der Waals surface area contributed by atoms with E-state index in [4.69, 9.17) is 4.74 Å². The molecule has 4 aliphatic rings. The maximum atomic E-state index is 14.1. The molecule has 2 amide bonds. The third-order valence-electron chi connectivity index (χ3n) is 7.83. The maximum absolute atomic E-state index is 14.1. The fourth-order valence-electron chi connectivity index (χ4n) is 6.26. The highest BCUT2D eigenvalue weighted by molar-refractivity contribution is 8.02. The summed E-state index contributed by atoms with van der Waals surface area (Å²) in [6.07, 6.45) is 12.9. The van der Waals surface area contributed by atoms with E-state index in [-0.39, 0.29) is 30.4 Å². The molecule has 0 aromatic heterocycles. The van der Waals surface area contributed by atoms with E-state index in [2.05, 4.69) is 32.1 Å². The summed E-state index contributed by atoms with van der Waals surface area (Å²) in [5, 5.41) is 9.31. The normalized spacial score (nSPS) is 37.2. The predicted octanol–water partition coefficient (Wildman–Crippen LogP) is 2.93. The predicted molar refractivity (Wildman–Crippen MR) is 132 cm³/mol. The van der Waals surface area contributed by atoms with Crippen molar-refractivity contribution >= 4 is 29.5 Å². The molecule has 0 bridgehead atoms. The van der Waals surface area contributed by atoms with Crippen LogP contribution in [0, 0.1) is 11.8 Å². The lowest BCUT2D eigenvalue weighted by molar-refractivity contribution is -0.154. The first-order valence-corrected chi connectivity index (χ1v) is 13.6. The number of nitrogens with zero attached hydrogens (tertiary/aromatic N) is 2. The lowest BCUT2D eigenvalue weighted by Gasteiger charge is -2.38. The molecule has 2 saturated heterocycles. The smallest absolute Gasteiger partial charge is 0.311 e. The lowest BCUT2D eigenvalue weighted by Crippen LogP contribution is -2.55. The molecule has 0 radical (unpaired) electrons. The average Bonchev–Trinajstić information content (AvgIpc) is 3.13. The summed E-state index contributed by atoms with van der Waals surface area (Å²) in [6, 6.07) is -0.602. The van der Waals surface area contributed by atoms with Gasteiger partial charge >= 0.3 is 5.97 Å². The molecular formula is C26H38N2O5S. The van der Waals surface area contributed by atoms with Gasteiger partial charge in [0.25, 0.3) is 0 Å². The number of aliphatic hydroxyl groups is 1. The third-order valence-corrected chi connectivity index (χ3v) is 9.62. The van der Waals surface area contributed by atoms with Crippen molar-refractivity contribution in [1.29, 1.82) is 0 Å². The number of cyclic esters (lactones) is 1. The van der Waals surface area contributed by atoms with Gasteiger partial charge in [-0.25, -0.2) is 0 Å². The number of amides is 2. The first-order chi connectivity index (χ1) is 16.3. The SMILES string of the molecule is CCCC(C)N1CC=C[C@]23S[C@]4(C)/C=C\CCCOC(=O)[C@@H]4[C@H]2C(=O)N(CCCCO)C3C1=O. The first-order valence-electron chi connectivity index (χ1n) is 12.7. The van der Waals surface area contributed by atoms with Crippen LogP contribution in [0.4, 0.5) is 0 Å². The van der Waals surface area contributed by atoms with E-state index in [9.17, 15) is 19.5 Å². The van der Waals surface area contributed by atoms with Gasteiger partial charge in [-0.1, -0.05) is 37.6 Å². The van der Waals surface area contributed by atoms with E-state index < -0.39 is 27.4 Å². The molecule has 6 atom stereocenters. The molecule has 4 aliphatic heterocycles. The zero-order chi connectivity index (χ0) is 24.5. The molecule has 2 fully saturated rings. The van der Waals surface area contributed by atoms with Crippen LogP contribution in [0.3, 0.4) is 0 Å². The van der Waals surface area contributed by atoms with Crippen LogP contribution < -0.4 is 0 Å². The summed E-state index contributed by atoms with van der Waals surface area (Å²) in [4.78, 5) is 45.2. The highest BCUT2D eigenvalue weighted by Gasteiger charge is 2.73. The molecule has 34 heavy (non-hydrogen) atoms. The van der Waals surface area contributed by atoms with E-state index in [1.54, 1.807) is 16.7 Å². The Kier molecular flexibility index (Phi) is 7.48. The minimum Gasteiger partial charge on any atom is -0.465 e. The Morgan fingerprint density at radius 2 is 1.97 bits per heavy atom. The van der Waals surface area contributed by atoms with Gasteiger partial charge in [-0.3, -0.25) is 14.4 Å². The number of thioether (sulfide) groups is 1. The van der Waals surface area contributed by atoms with Gasteiger partial charge in [-0.05, 0) is 46.0 Å². The highest BCUT2D eigenvalue weighted by Crippen LogP contribution is 2.65. The van der Waals surface area contributed by atoms with Crippen molar-refractivity contribution < 1.29 is 24.2 Å². The minimum absolute atomic E-state index is 0.0364. The fraction of sp³-hybridized carbons (Fsp3) is 0.731. The van der Waals surface area contributed by atoms with Crippen LogP contribution in [-0.2, 0) is 19.1 Å². The molecule has 188 valence electrons. The first kappa shape index (κ1) is 25.3. The molecule has 1 N–H and O–H groups in total.